The first-order chi connectivity index (χ1) is 10.3. The SMILES string of the molecule is O=S(CCCCCCCCF)CCCCCCCCCO. The van der Waals surface area contributed by atoms with Crippen LogP contribution in [0.1, 0.15) is 83.5 Å². The van der Waals surface area contributed by atoms with Crippen LogP contribution in [-0.4, -0.2) is 34.1 Å². The molecule has 0 aromatic heterocycles. The van der Waals surface area contributed by atoms with Crippen LogP contribution in [0.15, 0.2) is 0 Å². The Labute approximate surface area is 133 Å². The van der Waals surface area contributed by atoms with Crippen molar-refractivity contribution in [2.24, 2.45) is 0 Å². The fourth-order valence-electron chi connectivity index (χ4n) is 2.43. The second kappa shape index (κ2) is 18.1. The summed E-state index contributed by atoms with van der Waals surface area (Å²) in [6.45, 7) is 0.125. The van der Waals surface area contributed by atoms with E-state index in [0.29, 0.717) is 13.0 Å². The van der Waals surface area contributed by atoms with Crippen molar-refractivity contribution in [2.75, 3.05) is 24.8 Å². The van der Waals surface area contributed by atoms with Crippen LogP contribution >= 0.6 is 0 Å². The number of halogens is 1. The maximum atomic E-state index is 11.9. The minimum atomic E-state index is -0.632. The molecular formula is C17H35FO2S. The van der Waals surface area contributed by atoms with E-state index in [2.05, 4.69) is 0 Å². The molecule has 1 unspecified atom stereocenters. The molecule has 0 aromatic carbocycles. The van der Waals surface area contributed by atoms with Gasteiger partial charge in [-0.05, 0) is 25.7 Å². The van der Waals surface area contributed by atoms with Crippen molar-refractivity contribution in [3.8, 4) is 0 Å². The number of aliphatic hydroxyl groups excluding tert-OH is 1. The molecule has 0 aliphatic heterocycles. The van der Waals surface area contributed by atoms with E-state index in [9.17, 15) is 8.60 Å². The lowest BCUT2D eigenvalue weighted by Crippen LogP contribution is -2.02. The van der Waals surface area contributed by atoms with E-state index in [1.807, 2.05) is 0 Å². The average Bonchev–Trinajstić information content (AvgIpc) is 2.49. The van der Waals surface area contributed by atoms with Gasteiger partial charge in [-0.2, -0.15) is 0 Å². The fourth-order valence-corrected chi connectivity index (χ4v) is 3.68. The van der Waals surface area contributed by atoms with Crippen molar-refractivity contribution in [3.05, 3.63) is 0 Å². The average molecular weight is 323 g/mol. The zero-order valence-corrected chi connectivity index (χ0v) is 14.5. The van der Waals surface area contributed by atoms with Crippen LogP contribution in [0.2, 0.25) is 0 Å². The largest absolute Gasteiger partial charge is 0.396 e. The number of hydrogen-bond donors (Lipinski definition) is 1. The summed E-state index contributed by atoms with van der Waals surface area (Å²) >= 11 is 0. The Bertz CT molecular complexity index is 225. The lowest BCUT2D eigenvalue weighted by atomic mass is 10.1. The molecule has 1 atom stereocenters. The molecule has 128 valence electrons. The molecule has 0 saturated carbocycles. The number of aliphatic hydroxyl groups is 1. The highest BCUT2D eigenvalue weighted by atomic mass is 32.2. The predicted octanol–water partition coefficient (Wildman–Crippen LogP) is 4.77. The molecule has 0 heterocycles. The predicted molar refractivity (Wildman–Crippen MR) is 91.0 cm³/mol. The Balaban J connectivity index is 3.13. The summed E-state index contributed by atoms with van der Waals surface area (Å²) in [7, 11) is -0.632. The van der Waals surface area contributed by atoms with Gasteiger partial charge >= 0.3 is 0 Å². The number of unbranched alkanes of at least 4 members (excludes halogenated alkanes) is 11. The van der Waals surface area contributed by atoms with Crippen LogP contribution < -0.4 is 0 Å². The first kappa shape index (κ1) is 21.0. The van der Waals surface area contributed by atoms with Gasteiger partial charge in [0, 0.05) is 28.9 Å². The molecule has 0 radical (unpaired) electrons. The van der Waals surface area contributed by atoms with E-state index in [4.69, 9.17) is 5.11 Å². The van der Waals surface area contributed by atoms with Gasteiger partial charge in [-0.1, -0.05) is 57.8 Å². The lowest BCUT2D eigenvalue weighted by Gasteiger charge is -2.03. The Morgan fingerprint density at radius 3 is 1.43 bits per heavy atom. The minimum Gasteiger partial charge on any atom is -0.396 e. The lowest BCUT2D eigenvalue weighted by molar-refractivity contribution is 0.282. The van der Waals surface area contributed by atoms with E-state index < -0.39 is 10.8 Å². The highest BCUT2D eigenvalue weighted by molar-refractivity contribution is 7.84. The molecule has 0 aromatic rings. The van der Waals surface area contributed by atoms with Gasteiger partial charge < -0.3 is 5.11 Å². The minimum absolute atomic E-state index is 0.189. The number of alkyl halides is 1. The number of rotatable bonds is 17. The second-order valence-corrected chi connectivity index (χ2v) is 7.55. The molecule has 0 spiro atoms. The summed E-state index contributed by atoms with van der Waals surface area (Å²) in [6.07, 6.45) is 14.2. The van der Waals surface area contributed by atoms with Gasteiger partial charge in [-0.25, -0.2) is 0 Å². The zero-order valence-electron chi connectivity index (χ0n) is 13.7. The normalized spacial score (nSPS) is 12.7. The molecule has 0 bridgehead atoms. The maximum absolute atomic E-state index is 11.9. The summed E-state index contributed by atoms with van der Waals surface area (Å²) < 4.78 is 23.7. The van der Waals surface area contributed by atoms with Gasteiger partial charge in [0.2, 0.25) is 0 Å². The Kier molecular flexibility index (Phi) is 18.1. The van der Waals surface area contributed by atoms with Crippen molar-refractivity contribution in [2.45, 2.75) is 83.5 Å². The summed E-state index contributed by atoms with van der Waals surface area (Å²) in [6, 6.07) is 0. The standard InChI is InChI=1S/C17H35FO2S/c18-14-10-6-2-5-9-13-17-21(20)16-12-8-4-1-3-7-11-15-19/h19H,1-17H2. The first-order valence-electron chi connectivity index (χ1n) is 8.83. The Morgan fingerprint density at radius 1 is 0.619 bits per heavy atom. The van der Waals surface area contributed by atoms with Crippen LogP contribution in [0, 0.1) is 0 Å². The molecule has 0 saturated heterocycles. The van der Waals surface area contributed by atoms with Crippen LogP contribution in [0.4, 0.5) is 4.39 Å². The third kappa shape index (κ3) is 18.0. The van der Waals surface area contributed by atoms with E-state index >= 15 is 0 Å². The molecule has 4 heteroatoms. The van der Waals surface area contributed by atoms with E-state index in [1.165, 1.54) is 25.7 Å². The van der Waals surface area contributed by atoms with E-state index in [1.54, 1.807) is 0 Å². The van der Waals surface area contributed by atoms with Crippen LogP contribution in [-0.2, 0) is 10.8 Å². The molecule has 0 rings (SSSR count). The monoisotopic (exact) mass is 322 g/mol. The summed E-state index contributed by atoms with van der Waals surface area (Å²) in [5, 5.41) is 8.66. The zero-order chi connectivity index (χ0) is 15.6. The van der Waals surface area contributed by atoms with Gasteiger partial charge in [-0.3, -0.25) is 8.60 Å². The van der Waals surface area contributed by atoms with Crippen molar-refractivity contribution < 1.29 is 13.7 Å². The van der Waals surface area contributed by atoms with Crippen molar-refractivity contribution in [1.82, 2.24) is 0 Å². The Morgan fingerprint density at radius 2 is 1.00 bits per heavy atom. The highest BCUT2D eigenvalue weighted by Crippen LogP contribution is 2.09. The van der Waals surface area contributed by atoms with E-state index in [-0.39, 0.29) is 6.67 Å². The quantitative estimate of drug-likeness (QED) is 0.392. The van der Waals surface area contributed by atoms with Gasteiger partial charge in [0.15, 0.2) is 0 Å². The fraction of sp³-hybridized carbons (Fsp3) is 1.00. The van der Waals surface area contributed by atoms with Gasteiger partial charge in [0.05, 0.1) is 6.67 Å². The molecule has 2 nitrogen and oxygen atoms in total. The molecule has 0 aliphatic carbocycles. The first-order valence-corrected chi connectivity index (χ1v) is 10.3. The van der Waals surface area contributed by atoms with Gasteiger partial charge in [0.1, 0.15) is 0 Å². The maximum Gasteiger partial charge on any atom is 0.0894 e. The molecular weight excluding hydrogens is 287 g/mol. The highest BCUT2D eigenvalue weighted by Gasteiger charge is 2.00. The van der Waals surface area contributed by atoms with Crippen LogP contribution in [0.25, 0.3) is 0 Å². The van der Waals surface area contributed by atoms with Crippen LogP contribution in [0.3, 0.4) is 0 Å². The van der Waals surface area contributed by atoms with Crippen molar-refractivity contribution in [1.29, 1.82) is 0 Å². The molecule has 1 N–H and O–H groups in total. The van der Waals surface area contributed by atoms with E-state index in [0.717, 1.165) is 62.9 Å². The molecule has 0 amide bonds. The summed E-state index contributed by atoms with van der Waals surface area (Å²) in [4.78, 5) is 0. The third-order valence-corrected chi connectivity index (χ3v) is 5.27. The molecule has 0 aliphatic rings. The van der Waals surface area contributed by atoms with Gasteiger partial charge in [-0.15, -0.1) is 0 Å². The molecule has 21 heavy (non-hydrogen) atoms. The van der Waals surface area contributed by atoms with Crippen molar-refractivity contribution in [3.63, 3.8) is 0 Å². The third-order valence-electron chi connectivity index (χ3n) is 3.79. The summed E-state index contributed by atoms with van der Waals surface area (Å²) in [5.74, 6) is 1.71. The smallest absolute Gasteiger partial charge is 0.0894 e. The number of hydrogen-bond acceptors (Lipinski definition) is 2. The van der Waals surface area contributed by atoms with Gasteiger partial charge in [0.25, 0.3) is 0 Å². The second-order valence-electron chi connectivity index (χ2n) is 5.86. The Hall–Kier alpha value is 0.0400. The van der Waals surface area contributed by atoms with Crippen molar-refractivity contribution >= 4 is 10.8 Å². The summed E-state index contributed by atoms with van der Waals surface area (Å²) in [5.41, 5.74) is 0. The topological polar surface area (TPSA) is 37.3 Å². The van der Waals surface area contributed by atoms with Crippen LogP contribution in [0.5, 0.6) is 0 Å². The molecule has 0 fully saturated rings.